The number of nitrogens with zero attached hydrogens (tertiary/aromatic N) is 4. The molecule has 29 heavy (non-hydrogen) atoms. The molecule has 4 heterocycles. The zero-order chi connectivity index (χ0) is 20.1. The molecule has 0 bridgehead atoms. The highest BCUT2D eigenvalue weighted by Crippen LogP contribution is 2.46. The molecule has 2 aliphatic rings. The van der Waals surface area contributed by atoms with E-state index in [1.807, 2.05) is 45.0 Å². The standard InChI is InChI=1S/C20H19N5O3S/c1-10-6-11(2)22-20(21-10)25-19-17(12(3)24-25)18(29-8-16(26)23-19)13-4-5-14-15(7-13)28-9-27-14/h4-7,18H,8-9H2,1-3H3,(H,23,26). The first-order chi connectivity index (χ1) is 14.0. The molecule has 0 aliphatic carbocycles. The number of aromatic nitrogens is 4. The van der Waals surface area contributed by atoms with Crippen LogP contribution in [0.5, 0.6) is 11.5 Å². The molecule has 0 saturated heterocycles. The smallest absolute Gasteiger partial charge is 0.252 e. The summed E-state index contributed by atoms with van der Waals surface area (Å²) in [5.74, 6) is 2.77. The zero-order valence-corrected chi connectivity index (χ0v) is 17.0. The highest BCUT2D eigenvalue weighted by Gasteiger charge is 2.32. The first kappa shape index (κ1) is 18.0. The summed E-state index contributed by atoms with van der Waals surface area (Å²) in [5, 5.41) is 7.60. The van der Waals surface area contributed by atoms with Crippen LogP contribution in [-0.4, -0.2) is 38.2 Å². The number of carbonyl (C=O) groups is 1. The average Bonchev–Trinajstić information content (AvgIpc) is 3.21. The second-order valence-electron chi connectivity index (χ2n) is 7.06. The maximum atomic E-state index is 12.5. The lowest BCUT2D eigenvalue weighted by Gasteiger charge is -2.15. The van der Waals surface area contributed by atoms with Crippen molar-refractivity contribution < 1.29 is 14.3 Å². The Hall–Kier alpha value is -3.07. The summed E-state index contributed by atoms with van der Waals surface area (Å²) in [6.07, 6.45) is 0. The fourth-order valence-electron chi connectivity index (χ4n) is 3.67. The van der Waals surface area contributed by atoms with E-state index in [1.165, 1.54) is 0 Å². The van der Waals surface area contributed by atoms with Crippen molar-refractivity contribution in [1.82, 2.24) is 19.7 Å². The van der Waals surface area contributed by atoms with E-state index < -0.39 is 0 Å². The average molecular weight is 409 g/mol. The highest BCUT2D eigenvalue weighted by atomic mass is 32.2. The molecular formula is C20H19N5O3S. The van der Waals surface area contributed by atoms with Gasteiger partial charge in [0.2, 0.25) is 12.7 Å². The monoisotopic (exact) mass is 409 g/mol. The molecule has 9 heteroatoms. The van der Waals surface area contributed by atoms with E-state index in [0.717, 1.165) is 39.7 Å². The van der Waals surface area contributed by atoms with Crippen LogP contribution in [0.2, 0.25) is 0 Å². The molecule has 8 nitrogen and oxygen atoms in total. The summed E-state index contributed by atoms with van der Waals surface area (Å²) in [6.45, 7) is 5.99. The van der Waals surface area contributed by atoms with Gasteiger partial charge in [-0.3, -0.25) is 4.79 Å². The van der Waals surface area contributed by atoms with Gasteiger partial charge in [-0.05, 0) is 44.5 Å². The Morgan fingerprint density at radius 3 is 2.66 bits per heavy atom. The van der Waals surface area contributed by atoms with Gasteiger partial charge in [0.25, 0.3) is 5.95 Å². The Morgan fingerprint density at radius 1 is 1.10 bits per heavy atom. The number of thioether (sulfide) groups is 1. The Balaban J connectivity index is 1.67. The maximum absolute atomic E-state index is 12.5. The maximum Gasteiger partial charge on any atom is 0.252 e. The first-order valence-electron chi connectivity index (χ1n) is 9.23. The minimum Gasteiger partial charge on any atom is -0.454 e. The number of nitrogens with one attached hydrogen (secondary N) is 1. The summed E-state index contributed by atoms with van der Waals surface area (Å²) in [6, 6.07) is 7.80. The van der Waals surface area contributed by atoms with Crippen molar-refractivity contribution in [3.05, 3.63) is 52.5 Å². The lowest BCUT2D eigenvalue weighted by Crippen LogP contribution is -2.17. The van der Waals surface area contributed by atoms with Crippen LogP contribution in [0.25, 0.3) is 5.95 Å². The van der Waals surface area contributed by atoms with Crippen LogP contribution in [0.1, 0.15) is 33.5 Å². The normalized spacial score (nSPS) is 17.6. The predicted molar refractivity (Wildman–Crippen MR) is 109 cm³/mol. The van der Waals surface area contributed by atoms with Gasteiger partial charge in [0.1, 0.15) is 5.82 Å². The van der Waals surface area contributed by atoms with Crippen molar-refractivity contribution >= 4 is 23.5 Å². The van der Waals surface area contributed by atoms with E-state index in [0.29, 0.717) is 17.5 Å². The van der Waals surface area contributed by atoms with Crippen molar-refractivity contribution in [1.29, 1.82) is 0 Å². The quantitative estimate of drug-likeness (QED) is 0.695. The van der Waals surface area contributed by atoms with Crippen LogP contribution >= 0.6 is 11.8 Å². The van der Waals surface area contributed by atoms with Gasteiger partial charge >= 0.3 is 0 Å². The molecule has 0 spiro atoms. The predicted octanol–water partition coefficient (Wildman–Crippen LogP) is 3.09. The highest BCUT2D eigenvalue weighted by molar-refractivity contribution is 8.00. The third-order valence-electron chi connectivity index (χ3n) is 4.87. The van der Waals surface area contributed by atoms with Crippen molar-refractivity contribution in [2.75, 3.05) is 17.9 Å². The summed E-state index contributed by atoms with van der Waals surface area (Å²) in [5.41, 5.74) is 4.48. The van der Waals surface area contributed by atoms with Gasteiger partial charge in [0.05, 0.1) is 16.7 Å². The Bertz CT molecular complexity index is 1120. The number of fused-ring (bicyclic) bond motifs is 2. The molecule has 148 valence electrons. The molecule has 0 fully saturated rings. The Kier molecular flexibility index (Phi) is 4.20. The van der Waals surface area contributed by atoms with Gasteiger partial charge in [-0.2, -0.15) is 9.78 Å². The second kappa shape index (κ2) is 6.77. The molecule has 1 aromatic carbocycles. The number of ether oxygens (including phenoxy) is 2. The fraction of sp³-hybridized carbons (Fsp3) is 0.300. The second-order valence-corrected chi connectivity index (χ2v) is 8.16. The molecule has 1 N–H and O–H groups in total. The summed E-state index contributed by atoms with van der Waals surface area (Å²) in [7, 11) is 0. The van der Waals surface area contributed by atoms with Gasteiger partial charge in [-0.25, -0.2) is 9.97 Å². The van der Waals surface area contributed by atoms with Crippen LogP contribution in [0.3, 0.4) is 0 Å². The van der Waals surface area contributed by atoms with Crippen molar-refractivity contribution in [2.24, 2.45) is 0 Å². The van der Waals surface area contributed by atoms with E-state index in [-0.39, 0.29) is 18.0 Å². The third-order valence-corrected chi connectivity index (χ3v) is 6.14. The SMILES string of the molecule is Cc1cc(C)nc(-n2nc(C)c3c2NC(=O)CSC3c2ccc3c(c2)OCO3)n1. The van der Waals surface area contributed by atoms with E-state index in [9.17, 15) is 4.79 Å². The third kappa shape index (κ3) is 3.11. The molecule has 2 aromatic heterocycles. The zero-order valence-electron chi connectivity index (χ0n) is 16.2. The van der Waals surface area contributed by atoms with Gasteiger partial charge in [0.15, 0.2) is 11.5 Å². The van der Waals surface area contributed by atoms with Crippen LogP contribution in [0.4, 0.5) is 5.82 Å². The molecule has 0 radical (unpaired) electrons. The van der Waals surface area contributed by atoms with E-state index in [2.05, 4.69) is 20.4 Å². The van der Waals surface area contributed by atoms with Gasteiger partial charge < -0.3 is 14.8 Å². The van der Waals surface area contributed by atoms with E-state index in [1.54, 1.807) is 16.4 Å². The van der Waals surface area contributed by atoms with E-state index >= 15 is 0 Å². The summed E-state index contributed by atoms with van der Waals surface area (Å²) >= 11 is 1.56. The number of aryl methyl sites for hydroxylation is 3. The number of benzene rings is 1. The minimum atomic E-state index is -0.0851. The van der Waals surface area contributed by atoms with Crippen LogP contribution < -0.4 is 14.8 Å². The summed E-state index contributed by atoms with van der Waals surface area (Å²) < 4.78 is 12.6. The molecular weight excluding hydrogens is 390 g/mol. The lowest BCUT2D eigenvalue weighted by molar-refractivity contribution is -0.113. The van der Waals surface area contributed by atoms with Crippen molar-refractivity contribution in [3.8, 4) is 17.4 Å². The van der Waals surface area contributed by atoms with Crippen LogP contribution in [-0.2, 0) is 4.79 Å². The van der Waals surface area contributed by atoms with Gasteiger partial charge in [-0.15, -0.1) is 11.8 Å². The van der Waals surface area contributed by atoms with Crippen molar-refractivity contribution in [2.45, 2.75) is 26.0 Å². The lowest BCUT2D eigenvalue weighted by atomic mass is 10.0. The molecule has 1 amide bonds. The molecule has 0 saturated carbocycles. The summed E-state index contributed by atoms with van der Waals surface area (Å²) in [4.78, 5) is 21.5. The largest absolute Gasteiger partial charge is 0.454 e. The van der Waals surface area contributed by atoms with Gasteiger partial charge in [-0.1, -0.05) is 6.07 Å². The molecule has 1 atom stereocenters. The van der Waals surface area contributed by atoms with Crippen LogP contribution in [0.15, 0.2) is 24.3 Å². The minimum absolute atomic E-state index is 0.0787. The number of anilines is 1. The molecule has 2 aliphatic heterocycles. The number of carbonyl (C=O) groups excluding carboxylic acids is 1. The number of amides is 1. The fourth-order valence-corrected chi connectivity index (χ4v) is 4.85. The number of hydrogen-bond donors (Lipinski definition) is 1. The van der Waals surface area contributed by atoms with Crippen LogP contribution in [0, 0.1) is 20.8 Å². The topological polar surface area (TPSA) is 91.2 Å². The molecule has 1 unspecified atom stereocenters. The number of rotatable bonds is 2. The van der Waals surface area contributed by atoms with E-state index in [4.69, 9.17) is 9.47 Å². The molecule has 5 rings (SSSR count). The molecule has 3 aromatic rings. The van der Waals surface area contributed by atoms with Gasteiger partial charge in [0, 0.05) is 17.0 Å². The van der Waals surface area contributed by atoms with Crippen molar-refractivity contribution in [3.63, 3.8) is 0 Å². The Labute approximate surface area is 171 Å². The first-order valence-corrected chi connectivity index (χ1v) is 10.3. The Morgan fingerprint density at radius 2 is 1.86 bits per heavy atom. The number of hydrogen-bond acceptors (Lipinski definition) is 7.